The first kappa shape index (κ1) is 19.5. The Bertz CT molecular complexity index is 859. The first-order valence-corrected chi connectivity index (χ1v) is 9.42. The van der Waals surface area contributed by atoms with Gasteiger partial charge in [-0.25, -0.2) is 0 Å². The zero-order valence-electron chi connectivity index (χ0n) is 16.1. The van der Waals surface area contributed by atoms with Gasteiger partial charge in [0.05, 0.1) is 20.1 Å². The minimum absolute atomic E-state index is 0.0540. The minimum atomic E-state index is -0.0540. The Morgan fingerprint density at radius 1 is 0.821 bits per heavy atom. The molecule has 1 amide bonds. The highest BCUT2D eigenvalue weighted by Crippen LogP contribution is 2.17. The molecule has 0 saturated heterocycles. The van der Waals surface area contributed by atoms with Crippen molar-refractivity contribution in [2.75, 3.05) is 19.0 Å². The number of rotatable bonds is 9. The molecule has 0 aliphatic carbocycles. The van der Waals surface area contributed by atoms with Crippen molar-refractivity contribution in [3.63, 3.8) is 0 Å². The fraction of sp³-hybridized carbons (Fsp3) is 0.208. The molecule has 0 fully saturated rings. The average molecular weight is 375 g/mol. The lowest BCUT2D eigenvalue weighted by molar-refractivity contribution is -0.115. The number of anilines is 1. The monoisotopic (exact) mass is 375 g/mol. The number of methoxy groups -OCH3 is 1. The molecule has 4 heteroatoms. The van der Waals surface area contributed by atoms with Gasteiger partial charge in [0.15, 0.2) is 0 Å². The van der Waals surface area contributed by atoms with Gasteiger partial charge in [-0.1, -0.05) is 42.5 Å². The third-order valence-corrected chi connectivity index (χ3v) is 4.38. The SMILES string of the molecule is COc1ccc(CC(=O)Nc2ccc(OCCCc3ccccc3)cc2)cc1. The van der Waals surface area contributed by atoms with Crippen LogP contribution in [0.3, 0.4) is 0 Å². The Morgan fingerprint density at radius 2 is 1.50 bits per heavy atom. The number of carbonyl (C=O) groups excluding carboxylic acids is 1. The maximum absolute atomic E-state index is 12.2. The molecule has 0 saturated carbocycles. The van der Waals surface area contributed by atoms with Crippen molar-refractivity contribution in [2.45, 2.75) is 19.3 Å². The molecule has 4 nitrogen and oxygen atoms in total. The lowest BCUT2D eigenvalue weighted by Gasteiger charge is -2.09. The van der Waals surface area contributed by atoms with E-state index in [9.17, 15) is 4.79 Å². The molecule has 144 valence electrons. The average Bonchev–Trinajstić information content (AvgIpc) is 2.73. The largest absolute Gasteiger partial charge is 0.497 e. The van der Waals surface area contributed by atoms with Crippen LogP contribution in [0.15, 0.2) is 78.9 Å². The van der Waals surface area contributed by atoms with Gasteiger partial charge in [0, 0.05) is 5.69 Å². The Morgan fingerprint density at radius 3 is 2.18 bits per heavy atom. The summed E-state index contributed by atoms with van der Waals surface area (Å²) in [6, 6.07) is 25.4. The molecule has 28 heavy (non-hydrogen) atoms. The quantitative estimate of drug-likeness (QED) is 0.542. The van der Waals surface area contributed by atoms with Crippen LogP contribution in [-0.2, 0) is 17.6 Å². The first-order chi connectivity index (χ1) is 13.7. The molecule has 0 unspecified atom stereocenters. The van der Waals surface area contributed by atoms with Crippen LogP contribution in [0.2, 0.25) is 0 Å². The molecule has 3 rings (SSSR count). The first-order valence-electron chi connectivity index (χ1n) is 9.42. The number of hydrogen-bond donors (Lipinski definition) is 1. The topological polar surface area (TPSA) is 47.6 Å². The number of carbonyl (C=O) groups is 1. The number of aryl methyl sites for hydroxylation is 1. The smallest absolute Gasteiger partial charge is 0.228 e. The van der Waals surface area contributed by atoms with E-state index in [4.69, 9.17) is 9.47 Å². The van der Waals surface area contributed by atoms with Crippen molar-refractivity contribution in [1.82, 2.24) is 0 Å². The molecule has 1 N–H and O–H groups in total. The van der Waals surface area contributed by atoms with E-state index in [-0.39, 0.29) is 5.91 Å². The third-order valence-electron chi connectivity index (χ3n) is 4.38. The van der Waals surface area contributed by atoms with Crippen LogP contribution in [0.5, 0.6) is 11.5 Å². The Hall–Kier alpha value is -3.27. The normalized spacial score (nSPS) is 10.3. The zero-order valence-corrected chi connectivity index (χ0v) is 16.1. The van der Waals surface area contributed by atoms with Gasteiger partial charge in [-0.05, 0) is 60.4 Å². The summed E-state index contributed by atoms with van der Waals surface area (Å²) in [5, 5.41) is 2.91. The van der Waals surface area contributed by atoms with E-state index in [1.54, 1.807) is 7.11 Å². The maximum Gasteiger partial charge on any atom is 0.228 e. The number of hydrogen-bond acceptors (Lipinski definition) is 3. The molecule has 0 spiro atoms. The molecular formula is C24H25NO3. The van der Waals surface area contributed by atoms with Gasteiger partial charge in [-0.15, -0.1) is 0 Å². The highest BCUT2D eigenvalue weighted by Gasteiger charge is 2.05. The van der Waals surface area contributed by atoms with Crippen LogP contribution in [0, 0.1) is 0 Å². The van der Waals surface area contributed by atoms with Crippen molar-refractivity contribution < 1.29 is 14.3 Å². The number of amides is 1. The van der Waals surface area contributed by atoms with E-state index in [0.29, 0.717) is 13.0 Å². The fourth-order valence-electron chi connectivity index (χ4n) is 2.88. The summed E-state index contributed by atoms with van der Waals surface area (Å²) in [7, 11) is 1.62. The Kier molecular flexibility index (Phi) is 7.08. The van der Waals surface area contributed by atoms with E-state index in [0.717, 1.165) is 35.6 Å². The number of ether oxygens (including phenoxy) is 2. The summed E-state index contributed by atoms with van der Waals surface area (Å²) in [4.78, 5) is 12.2. The van der Waals surface area contributed by atoms with Gasteiger partial charge in [0.25, 0.3) is 0 Å². The van der Waals surface area contributed by atoms with Crippen LogP contribution >= 0.6 is 0 Å². The lowest BCUT2D eigenvalue weighted by Crippen LogP contribution is -2.14. The molecule has 0 atom stereocenters. The summed E-state index contributed by atoms with van der Waals surface area (Å²) in [6.45, 7) is 0.665. The molecule has 0 aliphatic heterocycles. The minimum Gasteiger partial charge on any atom is -0.497 e. The Balaban J connectivity index is 1.41. The van der Waals surface area contributed by atoms with Gasteiger partial charge < -0.3 is 14.8 Å². The molecule has 0 aromatic heterocycles. The van der Waals surface area contributed by atoms with E-state index in [1.165, 1.54) is 5.56 Å². The lowest BCUT2D eigenvalue weighted by atomic mass is 10.1. The van der Waals surface area contributed by atoms with Crippen molar-refractivity contribution in [1.29, 1.82) is 0 Å². The second-order valence-electron chi connectivity index (χ2n) is 6.54. The zero-order chi connectivity index (χ0) is 19.6. The highest BCUT2D eigenvalue weighted by atomic mass is 16.5. The molecule has 3 aromatic carbocycles. The van der Waals surface area contributed by atoms with Gasteiger partial charge in [0.2, 0.25) is 5.91 Å². The molecule has 0 aliphatic rings. The van der Waals surface area contributed by atoms with Crippen molar-refractivity contribution in [3.8, 4) is 11.5 Å². The second-order valence-corrected chi connectivity index (χ2v) is 6.54. The standard InChI is InChI=1S/C24H25NO3/c1-27-22-13-9-20(10-14-22)18-24(26)25-21-11-15-23(16-12-21)28-17-5-8-19-6-3-2-4-7-19/h2-4,6-7,9-16H,5,8,17-18H2,1H3,(H,25,26). The van der Waals surface area contributed by atoms with Gasteiger partial charge in [0.1, 0.15) is 11.5 Å². The molecular weight excluding hydrogens is 350 g/mol. The second kappa shape index (κ2) is 10.2. The summed E-state index contributed by atoms with van der Waals surface area (Å²) < 4.78 is 10.9. The van der Waals surface area contributed by atoms with E-state index in [2.05, 4.69) is 29.6 Å². The molecule has 0 heterocycles. The van der Waals surface area contributed by atoms with Gasteiger partial charge in [-0.3, -0.25) is 4.79 Å². The maximum atomic E-state index is 12.2. The highest BCUT2D eigenvalue weighted by molar-refractivity contribution is 5.92. The number of nitrogens with one attached hydrogen (secondary N) is 1. The third kappa shape index (κ3) is 6.16. The van der Waals surface area contributed by atoms with E-state index >= 15 is 0 Å². The predicted molar refractivity (Wildman–Crippen MR) is 112 cm³/mol. The molecule has 0 bridgehead atoms. The molecule has 0 radical (unpaired) electrons. The summed E-state index contributed by atoms with van der Waals surface area (Å²) in [6.07, 6.45) is 2.28. The van der Waals surface area contributed by atoms with Crippen molar-refractivity contribution >= 4 is 11.6 Å². The number of benzene rings is 3. The van der Waals surface area contributed by atoms with E-state index < -0.39 is 0 Å². The summed E-state index contributed by atoms with van der Waals surface area (Å²) in [5.74, 6) is 1.53. The predicted octanol–water partition coefficient (Wildman–Crippen LogP) is 4.89. The van der Waals surface area contributed by atoms with Crippen LogP contribution in [0.1, 0.15) is 17.5 Å². The van der Waals surface area contributed by atoms with Crippen molar-refractivity contribution in [3.05, 3.63) is 90.0 Å². The summed E-state index contributed by atoms with van der Waals surface area (Å²) in [5.41, 5.74) is 3.02. The van der Waals surface area contributed by atoms with Crippen LogP contribution in [0.25, 0.3) is 0 Å². The van der Waals surface area contributed by atoms with E-state index in [1.807, 2.05) is 54.6 Å². The Labute approximate surface area is 166 Å². The van der Waals surface area contributed by atoms with Crippen molar-refractivity contribution in [2.24, 2.45) is 0 Å². The van der Waals surface area contributed by atoms with Crippen LogP contribution in [-0.4, -0.2) is 19.6 Å². The van der Waals surface area contributed by atoms with Gasteiger partial charge in [-0.2, -0.15) is 0 Å². The molecule has 3 aromatic rings. The van der Waals surface area contributed by atoms with Gasteiger partial charge >= 0.3 is 0 Å². The fourth-order valence-corrected chi connectivity index (χ4v) is 2.88. The van der Waals surface area contributed by atoms with Crippen LogP contribution < -0.4 is 14.8 Å². The summed E-state index contributed by atoms with van der Waals surface area (Å²) >= 11 is 0. The van der Waals surface area contributed by atoms with Crippen LogP contribution in [0.4, 0.5) is 5.69 Å².